The number of anilines is 3. The molecule has 11 heteroatoms. The van der Waals surface area contributed by atoms with E-state index in [1.165, 1.54) is 30.6 Å². The number of benzene rings is 3. The second kappa shape index (κ2) is 12.7. The topological polar surface area (TPSA) is 134 Å². The molecule has 0 saturated heterocycles. The van der Waals surface area contributed by atoms with Crippen LogP contribution in [-0.2, 0) is 17.8 Å². The van der Waals surface area contributed by atoms with Crippen molar-refractivity contribution in [2.24, 2.45) is 23.2 Å². The lowest BCUT2D eigenvalue weighted by Crippen LogP contribution is -2.51. The zero-order chi connectivity index (χ0) is 35.6. The molecule has 52 heavy (non-hydrogen) atoms. The fourth-order valence-corrected chi connectivity index (χ4v) is 10.6. The summed E-state index contributed by atoms with van der Waals surface area (Å²) in [5.74, 6) is 2.35. The van der Waals surface area contributed by atoms with E-state index < -0.39 is 6.16 Å². The van der Waals surface area contributed by atoms with Gasteiger partial charge in [-0.25, -0.2) is 9.78 Å². The summed E-state index contributed by atoms with van der Waals surface area (Å²) < 4.78 is 6.31. The molecule has 2 amide bonds. The average molecular weight is 714 g/mol. The van der Waals surface area contributed by atoms with Crippen molar-refractivity contribution in [3.63, 3.8) is 0 Å². The first-order chi connectivity index (χ1) is 25.2. The first-order valence-corrected chi connectivity index (χ1v) is 18.9. The maximum atomic E-state index is 13.9. The number of rotatable bonds is 7. The van der Waals surface area contributed by atoms with Crippen LogP contribution in [0.15, 0.2) is 72.8 Å². The molecule has 0 radical (unpaired) electrons. The van der Waals surface area contributed by atoms with E-state index in [1.54, 1.807) is 0 Å². The van der Waals surface area contributed by atoms with Gasteiger partial charge in [-0.1, -0.05) is 47.7 Å². The predicted octanol–water partition coefficient (Wildman–Crippen LogP) is 8.69. The molecule has 3 aromatic carbocycles. The van der Waals surface area contributed by atoms with Crippen LogP contribution in [0.3, 0.4) is 0 Å². The van der Waals surface area contributed by atoms with Gasteiger partial charge in [-0.3, -0.25) is 14.9 Å². The van der Waals surface area contributed by atoms with E-state index in [2.05, 4.69) is 15.6 Å². The van der Waals surface area contributed by atoms with Gasteiger partial charge in [0.2, 0.25) is 11.8 Å². The van der Waals surface area contributed by atoms with E-state index in [-0.39, 0.29) is 23.1 Å². The van der Waals surface area contributed by atoms with E-state index in [1.807, 2.05) is 84.6 Å². The van der Waals surface area contributed by atoms with Gasteiger partial charge in [0.15, 0.2) is 5.13 Å². The molecule has 2 aromatic heterocycles. The van der Waals surface area contributed by atoms with Gasteiger partial charge in [0.05, 0.1) is 15.6 Å². The van der Waals surface area contributed by atoms with Crippen LogP contribution in [-0.4, -0.2) is 39.6 Å². The lowest BCUT2D eigenvalue weighted by atomic mass is 9.49. The summed E-state index contributed by atoms with van der Waals surface area (Å²) in [6.07, 6.45) is 5.94. The van der Waals surface area contributed by atoms with Gasteiger partial charge in [-0.2, -0.15) is 4.98 Å². The van der Waals surface area contributed by atoms with Crippen LogP contribution < -0.4 is 20.3 Å². The van der Waals surface area contributed by atoms with Crippen LogP contribution in [0.25, 0.3) is 21.3 Å². The summed E-state index contributed by atoms with van der Waals surface area (Å²) in [4.78, 5) is 50.8. The summed E-state index contributed by atoms with van der Waals surface area (Å²) in [5.41, 5.74) is 5.85. The molecule has 4 fully saturated rings. The smallest absolute Gasteiger partial charge is 0.449 e. The molecule has 0 spiro atoms. The van der Waals surface area contributed by atoms with Crippen LogP contribution in [0, 0.1) is 30.1 Å². The van der Waals surface area contributed by atoms with Crippen molar-refractivity contribution in [3.05, 3.63) is 95.1 Å². The highest BCUT2D eigenvalue weighted by Crippen LogP contribution is 2.60. The first-order valence-electron chi connectivity index (χ1n) is 18.1. The maximum absolute atomic E-state index is 13.9. The van der Waals surface area contributed by atoms with Crippen LogP contribution in [0.2, 0.25) is 0 Å². The number of amides is 2. The second-order valence-corrected chi connectivity index (χ2v) is 16.1. The van der Waals surface area contributed by atoms with Gasteiger partial charge in [0.1, 0.15) is 5.82 Å². The van der Waals surface area contributed by atoms with Gasteiger partial charge in [-0.05, 0) is 128 Å². The van der Waals surface area contributed by atoms with Crippen molar-refractivity contribution < 1.29 is 24.2 Å². The van der Waals surface area contributed by atoms with Gasteiger partial charge >= 0.3 is 6.16 Å². The molecule has 264 valence electrons. The Kier molecular flexibility index (Phi) is 7.98. The molecule has 5 aromatic rings. The summed E-state index contributed by atoms with van der Waals surface area (Å²) in [6.45, 7) is 2.97. The quantitative estimate of drug-likeness (QED) is 0.143. The number of thiazole rings is 1. The molecular formula is C41H39N5O5S. The SMILES string of the molecule is Cc1c(NC(=O)C23CC4CC(CC(C4)C2)C3)cccc1-c1ccc(N2CCc3cccc(C(=O)Nc4nc5ccccc5s4)c3C2)nc1OC(=O)O. The van der Waals surface area contributed by atoms with Crippen LogP contribution in [0.5, 0.6) is 5.88 Å². The maximum Gasteiger partial charge on any atom is 0.512 e. The lowest BCUT2D eigenvalue weighted by molar-refractivity contribution is -0.140. The molecule has 3 N–H and O–H groups in total. The Hall–Kier alpha value is -5.29. The highest BCUT2D eigenvalue weighted by Gasteiger charge is 2.54. The summed E-state index contributed by atoms with van der Waals surface area (Å²) in [6, 6.07) is 22.9. The Labute approximate surface area is 305 Å². The van der Waals surface area contributed by atoms with Gasteiger partial charge in [0.25, 0.3) is 5.91 Å². The third-order valence-corrected chi connectivity index (χ3v) is 12.7. The van der Waals surface area contributed by atoms with Crippen molar-refractivity contribution in [3.8, 4) is 17.0 Å². The minimum Gasteiger partial charge on any atom is -0.449 e. The molecule has 0 atom stereocenters. The van der Waals surface area contributed by atoms with Crippen molar-refractivity contribution in [1.82, 2.24) is 9.97 Å². The van der Waals surface area contributed by atoms with Crippen molar-refractivity contribution in [1.29, 1.82) is 0 Å². The van der Waals surface area contributed by atoms with Gasteiger partial charge < -0.3 is 20.1 Å². The molecule has 10 rings (SSSR count). The minimum absolute atomic E-state index is 0.0367. The molecule has 3 heterocycles. The van der Waals surface area contributed by atoms with Crippen LogP contribution in [0.1, 0.15) is 65.6 Å². The van der Waals surface area contributed by atoms with E-state index in [0.717, 1.165) is 51.7 Å². The largest absolute Gasteiger partial charge is 0.512 e. The highest BCUT2D eigenvalue weighted by molar-refractivity contribution is 7.22. The monoisotopic (exact) mass is 713 g/mol. The average Bonchev–Trinajstić information content (AvgIpc) is 3.53. The zero-order valence-corrected chi connectivity index (χ0v) is 29.7. The van der Waals surface area contributed by atoms with Crippen LogP contribution in [0.4, 0.5) is 21.4 Å². The molecule has 10 nitrogen and oxygen atoms in total. The first kappa shape index (κ1) is 32.6. The number of carbonyl (C=O) groups is 3. The predicted molar refractivity (Wildman–Crippen MR) is 201 cm³/mol. The molecule has 1 aliphatic heterocycles. The molecular weight excluding hydrogens is 675 g/mol. The number of ether oxygens (including phenoxy) is 1. The molecule has 5 aliphatic rings. The number of carbonyl (C=O) groups excluding carboxylic acids is 2. The Morgan fingerprint density at radius 3 is 2.37 bits per heavy atom. The minimum atomic E-state index is -1.47. The molecule has 4 bridgehead atoms. The number of pyridine rings is 1. The number of aromatic nitrogens is 2. The van der Waals surface area contributed by atoms with Gasteiger partial charge in [0, 0.05) is 29.9 Å². The Bertz CT molecular complexity index is 2200. The van der Waals surface area contributed by atoms with Crippen molar-refractivity contribution >= 4 is 56.2 Å². The third kappa shape index (κ3) is 5.86. The molecule has 4 aliphatic carbocycles. The Morgan fingerprint density at radius 1 is 0.865 bits per heavy atom. The number of nitrogens with zero attached hydrogens (tertiary/aromatic N) is 3. The Morgan fingerprint density at radius 2 is 1.62 bits per heavy atom. The number of fused-ring (bicyclic) bond motifs is 2. The number of nitrogens with one attached hydrogen (secondary N) is 2. The molecule has 4 saturated carbocycles. The summed E-state index contributed by atoms with van der Waals surface area (Å²) in [5, 5.41) is 16.6. The summed E-state index contributed by atoms with van der Waals surface area (Å²) >= 11 is 1.43. The fraction of sp³-hybridized carbons (Fsp3) is 0.341. The van der Waals surface area contributed by atoms with Crippen molar-refractivity contribution in [2.75, 3.05) is 22.1 Å². The van der Waals surface area contributed by atoms with E-state index in [4.69, 9.17) is 9.72 Å². The third-order valence-electron chi connectivity index (χ3n) is 11.8. The summed E-state index contributed by atoms with van der Waals surface area (Å²) in [7, 11) is 0. The standard InChI is InChI=1S/C41H39N5O5S/c1-23-28(7-5-10-32(23)42-38(48)41-19-24-16-25(20-41)18-26(17-24)21-41)30-12-13-35(44-37(30)51-40(49)50)46-15-14-27-6-4-8-29(31(27)22-46)36(47)45-39-43-33-9-2-3-11-34(33)52-39/h2-13,24-26H,14-22H2,1H3,(H,42,48)(H,49,50)(H,43,45,47). The van der Waals surface area contributed by atoms with Crippen LogP contribution >= 0.6 is 11.3 Å². The fourth-order valence-electron chi connectivity index (χ4n) is 9.76. The zero-order valence-electron chi connectivity index (χ0n) is 28.9. The lowest BCUT2D eigenvalue weighted by Gasteiger charge is -2.55. The second-order valence-electron chi connectivity index (χ2n) is 15.1. The van der Waals surface area contributed by atoms with E-state index in [0.29, 0.717) is 65.0 Å². The highest BCUT2D eigenvalue weighted by atomic mass is 32.1. The van der Waals surface area contributed by atoms with E-state index >= 15 is 0 Å². The van der Waals surface area contributed by atoms with Gasteiger partial charge in [-0.15, -0.1) is 0 Å². The molecule has 0 unspecified atom stereocenters. The normalized spacial score (nSPS) is 22.9. The van der Waals surface area contributed by atoms with E-state index in [9.17, 15) is 19.5 Å². The number of para-hydroxylation sites is 1. The number of hydrogen-bond acceptors (Lipinski definition) is 8. The number of hydrogen-bond donors (Lipinski definition) is 3. The van der Waals surface area contributed by atoms with Crippen molar-refractivity contribution in [2.45, 2.75) is 58.4 Å². The number of carboxylic acid groups (broad SMARTS) is 1. The Balaban J connectivity index is 0.975.